The lowest BCUT2D eigenvalue weighted by molar-refractivity contribution is -0.124. The Hall–Kier alpha value is -2.25. The van der Waals surface area contributed by atoms with Crippen LogP contribution < -0.4 is 5.32 Å². The first-order valence-corrected chi connectivity index (χ1v) is 9.01. The van der Waals surface area contributed by atoms with E-state index < -0.39 is 11.6 Å². The summed E-state index contributed by atoms with van der Waals surface area (Å²) in [6.45, 7) is 9.08. The van der Waals surface area contributed by atoms with Gasteiger partial charge in [-0.2, -0.15) is 11.3 Å². The van der Waals surface area contributed by atoms with Crippen molar-refractivity contribution in [2.45, 2.75) is 44.2 Å². The predicted octanol–water partition coefficient (Wildman–Crippen LogP) is 3.12. The normalized spacial score (nSPS) is 12.6. The Bertz CT molecular complexity index is 699. The topological polar surface area (TPSA) is 88.2 Å². The number of amides is 1. The van der Waals surface area contributed by atoms with Gasteiger partial charge >= 0.3 is 0 Å². The number of aromatic nitrogens is 2. The van der Waals surface area contributed by atoms with Crippen LogP contribution in [-0.2, 0) is 11.2 Å². The summed E-state index contributed by atoms with van der Waals surface area (Å²) in [5.41, 5.74) is -0.212. The average Bonchev–Trinajstić information content (AvgIpc) is 3.24. The first kappa shape index (κ1) is 19.1. The van der Waals surface area contributed by atoms with E-state index in [-0.39, 0.29) is 12.3 Å². The summed E-state index contributed by atoms with van der Waals surface area (Å²) in [6, 6.07) is 1.47. The molecule has 0 bridgehead atoms. The number of hydrogen-bond donors (Lipinski definition) is 2. The van der Waals surface area contributed by atoms with Gasteiger partial charge in [0.05, 0.1) is 11.6 Å². The summed E-state index contributed by atoms with van der Waals surface area (Å²) >= 11 is 1.55. The molecule has 0 aliphatic heterocycles. The van der Waals surface area contributed by atoms with Crippen LogP contribution in [0.15, 0.2) is 46.6 Å². The van der Waals surface area contributed by atoms with Crippen molar-refractivity contribution in [1.29, 1.82) is 0 Å². The van der Waals surface area contributed by atoms with Crippen LogP contribution >= 0.6 is 11.3 Å². The minimum absolute atomic E-state index is 0.186. The van der Waals surface area contributed by atoms with Gasteiger partial charge in [0, 0.05) is 23.8 Å². The number of carbonyl (C=O) groups is 1. The van der Waals surface area contributed by atoms with Gasteiger partial charge in [-0.15, -0.1) is 23.4 Å². The summed E-state index contributed by atoms with van der Waals surface area (Å²) in [7, 11) is 0. The molecule has 25 heavy (non-hydrogen) atoms. The summed E-state index contributed by atoms with van der Waals surface area (Å²) < 4.78 is 5.56. The molecule has 1 amide bonds. The number of hydrogen-bond acceptors (Lipinski definition) is 6. The number of aliphatic hydroxyl groups is 1. The Morgan fingerprint density at radius 2 is 2.16 bits per heavy atom. The molecule has 7 heteroatoms. The molecule has 0 radical (unpaired) electrons. The van der Waals surface area contributed by atoms with Crippen molar-refractivity contribution in [3.8, 4) is 11.5 Å². The number of rotatable bonds is 10. The smallest absolute Gasteiger partial charge is 0.248 e. The molecule has 6 nitrogen and oxygen atoms in total. The maximum atomic E-state index is 12.2. The molecule has 0 spiro atoms. The fraction of sp³-hybridized carbons (Fsp3) is 0.389. The Labute approximate surface area is 151 Å². The quantitative estimate of drug-likeness (QED) is 0.635. The molecule has 2 rings (SSSR count). The van der Waals surface area contributed by atoms with E-state index in [1.165, 1.54) is 0 Å². The largest absolute Gasteiger partial charge is 0.421 e. The molecule has 0 aliphatic carbocycles. The summed E-state index contributed by atoms with van der Waals surface area (Å²) in [5.74, 6) is 0.683. The van der Waals surface area contributed by atoms with E-state index in [2.05, 4.69) is 28.7 Å². The zero-order valence-corrected chi connectivity index (χ0v) is 15.1. The van der Waals surface area contributed by atoms with Gasteiger partial charge in [0.2, 0.25) is 17.7 Å². The first-order chi connectivity index (χ1) is 12.0. The third-order valence-electron chi connectivity index (χ3n) is 3.98. The van der Waals surface area contributed by atoms with Gasteiger partial charge in [-0.05, 0) is 31.2 Å². The van der Waals surface area contributed by atoms with Crippen molar-refractivity contribution in [2.75, 3.05) is 0 Å². The van der Waals surface area contributed by atoms with E-state index in [9.17, 15) is 9.90 Å². The van der Waals surface area contributed by atoms with Crippen molar-refractivity contribution in [1.82, 2.24) is 15.5 Å². The van der Waals surface area contributed by atoms with Crippen LogP contribution in [0.1, 0.15) is 32.1 Å². The van der Waals surface area contributed by atoms with Crippen LogP contribution in [0.25, 0.3) is 11.5 Å². The minimum Gasteiger partial charge on any atom is -0.421 e. The Morgan fingerprint density at radius 3 is 2.76 bits per heavy atom. The number of nitrogens with zero attached hydrogens (tertiary/aromatic N) is 2. The van der Waals surface area contributed by atoms with Gasteiger partial charge in [0.15, 0.2) is 0 Å². The third-order valence-corrected chi connectivity index (χ3v) is 4.66. The maximum Gasteiger partial charge on any atom is 0.248 e. The lowest BCUT2D eigenvalue weighted by Gasteiger charge is -2.33. The number of thiophene rings is 1. The molecule has 2 heterocycles. The molecule has 2 aromatic heterocycles. The molecule has 0 unspecified atom stereocenters. The fourth-order valence-corrected chi connectivity index (χ4v) is 3.09. The van der Waals surface area contributed by atoms with E-state index in [0.717, 1.165) is 5.56 Å². The van der Waals surface area contributed by atoms with Crippen molar-refractivity contribution in [2.24, 2.45) is 0 Å². The molecule has 134 valence electrons. The molecule has 0 aromatic carbocycles. The SMILES string of the molecule is C=CCC(O)(CC=C)[C@H](C)NC(=O)CCc1nnc(-c2ccsc2)o1. The zero-order chi connectivity index (χ0) is 18.3. The van der Waals surface area contributed by atoms with Gasteiger partial charge in [0.25, 0.3) is 0 Å². The highest BCUT2D eigenvalue weighted by Gasteiger charge is 2.32. The molecule has 0 fully saturated rings. The number of nitrogens with one attached hydrogen (secondary N) is 1. The van der Waals surface area contributed by atoms with Gasteiger partial charge in [0.1, 0.15) is 0 Å². The molecule has 2 N–H and O–H groups in total. The number of carbonyl (C=O) groups excluding carboxylic acids is 1. The average molecular weight is 361 g/mol. The number of aryl methyl sites for hydroxylation is 1. The van der Waals surface area contributed by atoms with E-state index in [0.29, 0.717) is 31.0 Å². The second-order valence-electron chi connectivity index (χ2n) is 5.89. The zero-order valence-electron chi connectivity index (χ0n) is 14.3. The van der Waals surface area contributed by atoms with Crippen LogP contribution in [0.2, 0.25) is 0 Å². The monoisotopic (exact) mass is 361 g/mol. The molecule has 0 saturated heterocycles. The maximum absolute atomic E-state index is 12.2. The Morgan fingerprint density at radius 1 is 1.44 bits per heavy atom. The van der Waals surface area contributed by atoms with Crippen LogP contribution in [0.4, 0.5) is 0 Å². The van der Waals surface area contributed by atoms with Gasteiger partial charge in [-0.1, -0.05) is 12.2 Å². The van der Waals surface area contributed by atoms with Gasteiger partial charge in [-0.3, -0.25) is 4.79 Å². The lowest BCUT2D eigenvalue weighted by atomic mass is 9.88. The standard InChI is InChI=1S/C18H23N3O3S/c1-4-9-18(23,10-5-2)13(3)19-15(22)6-7-16-20-21-17(24-16)14-8-11-25-12-14/h4-5,8,11-13,23H,1-2,6-7,9-10H2,3H3,(H,19,22)/t13-/m0/s1. The highest BCUT2D eigenvalue weighted by Crippen LogP contribution is 2.22. The minimum atomic E-state index is -1.09. The molecule has 0 saturated carbocycles. The van der Waals surface area contributed by atoms with E-state index >= 15 is 0 Å². The molecular formula is C18H23N3O3S. The predicted molar refractivity (Wildman–Crippen MR) is 98.1 cm³/mol. The van der Waals surface area contributed by atoms with Crippen molar-refractivity contribution in [3.63, 3.8) is 0 Å². The van der Waals surface area contributed by atoms with E-state index in [1.54, 1.807) is 30.4 Å². The summed E-state index contributed by atoms with van der Waals surface area (Å²) in [4.78, 5) is 12.2. The molecule has 1 atom stereocenters. The second-order valence-corrected chi connectivity index (χ2v) is 6.67. The molecular weight excluding hydrogens is 338 g/mol. The highest BCUT2D eigenvalue weighted by molar-refractivity contribution is 7.08. The van der Waals surface area contributed by atoms with Crippen LogP contribution in [0, 0.1) is 0 Å². The van der Waals surface area contributed by atoms with Gasteiger partial charge in [-0.25, -0.2) is 0 Å². The lowest BCUT2D eigenvalue weighted by Crippen LogP contribution is -2.50. The van der Waals surface area contributed by atoms with Crippen LogP contribution in [0.3, 0.4) is 0 Å². The van der Waals surface area contributed by atoms with Crippen molar-refractivity contribution in [3.05, 3.63) is 48.0 Å². The summed E-state index contributed by atoms with van der Waals surface area (Å²) in [5, 5.41) is 25.2. The van der Waals surface area contributed by atoms with Crippen LogP contribution in [0.5, 0.6) is 0 Å². The van der Waals surface area contributed by atoms with E-state index in [1.807, 2.05) is 16.8 Å². The fourth-order valence-electron chi connectivity index (χ4n) is 2.46. The summed E-state index contributed by atoms with van der Waals surface area (Å²) in [6.07, 6.45) is 4.56. The highest BCUT2D eigenvalue weighted by atomic mass is 32.1. The van der Waals surface area contributed by atoms with Gasteiger partial charge < -0.3 is 14.8 Å². The van der Waals surface area contributed by atoms with Crippen molar-refractivity contribution >= 4 is 17.2 Å². The molecule has 0 aliphatic rings. The van der Waals surface area contributed by atoms with E-state index in [4.69, 9.17) is 4.42 Å². The Kier molecular flexibility index (Phi) is 6.66. The molecule has 2 aromatic rings. The third kappa shape index (κ3) is 5.11. The first-order valence-electron chi connectivity index (χ1n) is 8.07. The second kappa shape index (κ2) is 8.73. The Balaban J connectivity index is 1.87. The van der Waals surface area contributed by atoms with Crippen molar-refractivity contribution < 1.29 is 14.3 Å². The van der Waals surface area contributed by atoms with Crippen LogP contribution in [-0.4, -0.2) is 32.9 Å².